The fourth-order valence-electron chi connectivity index (χ4n) is 4.58. The molecule has 0 saturated carbocycles. The van der Waals surface area contributed by atoms with Crippen LogP contribution < -0.4 is 0 Å². The summed E-state index contributed by atoms with van der Waals surface area (Å²) in [5, 5.41) is 20.0. The molecule has 0 aliphatic heterocycles. The molecule has 0 saturated heterocycles. The van der Waals surface area contributed by atoms with Gasteiger partial charge in [0.1, 0.15) is 0 Å². The molecule has 0 unspecified atom stereocenters. The molecule has 0 atom stereocenters. The van der Waals surface area contributed by atoms with Crippen LogP contribution in [0.3, 0.4) is 0 Å². The number of rotatable bonds is 6. The molecule has 0 fully saturated rings. The number of benzene rings is 5. The topological polar surface area (TPSA) is 74.6 Å². The van der Waals surface area contributed by atoms with E-state index in [9.17, 15) is 19.8 Å². The maximum Gasteiger partial charge on any atom is 0.336 e. The maximum absolute atomic E-state index is 12.3. The van der Waals surface area contributed by atoms with Crippen LogP contribution in [-0.2, 0) is 0 Å². The Morgan fingerprint density at radius 3 is 1.44 bits per heavy atom. The van der Waals surface area contributed by atoms with E-state index in [0.29, 0.717) is 22.3 Å². The van der Waals surface area contributed by atoms with E-state index in [1.807, 2.05) is 72.8 Å². The second-order valence-electron chi connectivity index (χ2n) is 8.38. The molecule has 5 aromatic rings. The van der Waals surface area contributed by atoms with E-state index in [1.165, 1.54) is 0 Å². The molecule has 0 heterocycles. The monoisotopic (exact) mass is 470 g/mol. The van der Waals surface area contributed by atoms with E-state index >= 15 is 0 Å². The Bertz CT molecular complexity index is 1570. The molecule has 5 aromatic carbocycles. The van der Waals surface area contributed by atoms with Gasteiger partial charge in [0.2, 0.25) is 0 Å². The Morgan fingerprint density at radius 2 is 0.861 bits per heavy atom. The Balaban J connectivity index is 1.97. The van der Waals surface area contributed by atoms with Crippen molar-refractivity contribution in [3.05, 3.63) is 132 Å². The summed E-state index contributed by atoms with van der Waals surface area (Å²) >= 11 is 0. The van der Waals surface area contributed by atoms with Gasteiger partial charge in [-0.25, -0.2) is 9.59 Å². The zero-order valence-electron chi connectivity index (χ0n) is 19.3. The summed E-state index contributed by atoms with van der Waals surface area (Å²) in [6.45, 7) is 0. The van der Waals surface area contributed by atoms with E-state index in [4.69, 9.17) is 0 Å². The summed E-state index contributed by atoms with van der Waals surface area (Å²) < 4.78 is 0. The third-order valence-corrected chi connectivity index (χ3v) is 6.20. The summed E-state index contributed by atoms with van der Waals surface area (Å²) in [5.74, 6) is -2.09. The molecule has 0 spiro atoms. The maximum atomic E-state index is 12.3. The first-order chi connectivity index (χ1) is 17.5. The molecule has 0 amide bonds. The van der Waals surface area contributed by atoms with Gasteiger partial charge in [0.05, 0.1) is 11.1 Å². The predicted octanol–water partition coefficient (Wildman–Crippen LogP) is 7.75. The van der Waals surface area contributed by atoms with Crippen molar-refractivity contribution < 1.29 is 19.8 Å². The highest BCUT2D eigenvalue weighted by Crippen LogP contribution is 2.45. The Hall–Kier alpha value is -4.96. The van der Waals surface area contributed by atoms with Gasteiger partial charge >= 0.3 is 11.9 Å². The third-order valence-electron chi connectivity index (χ3n) is 6.20. The highest BCUT2D eigenvalue weighted by molar-refractivity contribution is 6.07. The average molecular weight is 471 g/mol. The molecule has 36 heavy (non-hydrogen) atoms. The van der Waals surface area contributed by atoms with Crippen LogP contribution >= 0.6 is 0 Å². The lowest BCUT2D eigenvalue weighted by molar-refractivity contribution is 0.0686. The smallest absolute Gasteiger partial charge is 0.336 e. The highest BCUT2D eigenvalue weighted by Gasteiger charge is 2.23. The van der Waals surface area contributed by atoms with E-state index < -0.39 is 11.9 Å². The van der Waals surface area contributed by atoms with Crippen molar-refractivity contribution in [1.29, 1.82) is 0 Å². The second-order valence-corrected chi connectivity index (χ2v) is 8.38. The summed E-state index contributed by atoms with van der Waals surface area (Å²) in [6.07, 6.45) is 0. The Morgan fingerprint density at radius 1 is 0.417 bits per heavy atom. The van der Waals surface area contributed by atoms with E-state index in [2.05, 4.69) is 0 Å². The van der Waals surface area contributed by atoms with Crippen molar-refractivity contribution in [3.8, 4) is 44.5 Å². The summed E-state index contributed by atoms with van der Waals surface area (Å²) in [4.78, 5) is 24.5. The molecule has 0 radical (unpaired) electrons. The van der Waals surface area contributed by atoms with Crippen molar-refractivity contribution in [2.45, 2.75) is 0 Å². The number of carboxylic acids is 2. The van der Waals surface area contributed by atoms with Gasteiger partial charge in [-0.2, -0.15) is 0 Å². The SMILES string of the molecule is O=C(O)c1ccccc1-c1cc(-c2ccccc2)cc(-c2ccccc2)c1-c1ccccc1C(=O)O. The van der Waals surface area contributed by atoms with Crippen LogP contribution in [0.5, 0.6) is 0 Å². The lowest BCUT2D eigenvalue weighted by atomic mass is 9.82. The number of aromatic carboxylic acids is 2. The van der Waals surface area contributed by atoms with Crippen LogP contribution in [0.25, 0.3) is 44.5 Å². The molecule has 174 valence electrons. The van der Waals surface area contributed by atoms with E-state index in [1.54, 1.807) is 48.5 Å². The largest absolute Gasteiger partial charge is 0.478 e. The first-order valence-electron chi connectivity index (χ1n) is 11.5. The first kappa shape index (κ1) is 22.8. The number of hydrogen-bond acceptors (Lipinski definition) is 2. The lowest BCUT2D eigenvalue weighted by Gasteiger charge is -2.21. The molecular weight excluding hydrogens is 448 g/mol. The molecule has 4 heteroatoms. The standard InChI is InChI=1S/C32H22O4/c33-31(34)26-17-9-7-15-24(26)29-20-23(21-11-3-1-4-12-21)19-28(22-13-5-2-6-14-22)30(29)25-16-8-10-18-27(25)32(35)36/h1-20H,(H,33,34)(H,35,36). The molecule has 0 bridgehead atoms. The molecule has 2 N–H and O–H groups in total. The zero-order valence-corrected chi connectivity index (χ0v) is 19.3. The van der Waals surface area contributed by atoms with Crippen molar-refractivity contribution in [2.24, 2.45) is 0 Å². The Labute approximate surface area is 208 Å². The quantitative estimate of drug-likeness (QED) is 0.266. The third kappa shape index (κ3) is 4.28. The molecule has 0 aromatic heterocycles. The van der Waals surface area contributed by atoms with Gasteiger partial charge in [-0.05, 0) is 68.8 Å². The minimum atomic E-state index is -1.05. The number of hydrogen-bond donors (Lipinski definition) is 2. The minimum Gasteiger partial charge on any atom is -0.478 e. The van der Waals surface area contributed by atoms with Crippen LogP contribution in [0, 0.1) is 0 Å². The van der Waals surface area contributed by atoms with Crippen LogP contribution in [-0.4, -0.2) is 22.2 Å². The fraction of sp³-hybridized carbons (Fsp3) is 0. The fourth-order valence-corrected chi connectivity index (χ4v) is 4.58. The predicted molar refractivity (Wildman–Crippen MR) is 142 cm³/mol. The van der Waals surface area contributed by atoms with Crippen LogP contribution in [0.15, 0.2) is 121 Å². The van der Waals surface area contributed by atoms with Gasteiger partial charge in [-0.1, -0.05) is 97.1 Å². The molecule has 0 aliphatic rings. The summed E-state index contributed by atoms with van der Waals surface area (Å²) in [6, 6.07) is 37.3. The molecular formula is C32H22O4. The first-order valence-corrected chi connectivity index (χ1v) is 11.5. The average Bonchev–Trinajstić information content (AvgIpc) is 2.93. The van der Waals surface area contributed by atoms with Gasteiger partial charge in [0.15, 0.2) is 0 Å². The molecule has 5 rings (SSSR count). The van der Waals surface area contributed by atoms with Gasteiger partial charge < -0.3 is 10.2 Å². The number of carbonyl (C=O) groups is 2. The molecule has 0 aliphatic carbocycles. The van der Waals surface area contributed by atoms with Crippen molar-refractivity contribution in [1.82, 2.24) is 0 Å². The lowest BCUT2D eigenvalue weighted by Crippen LogP contribution is -2.04. The zero-order chi connectivity index (χ0) is 25.1. The van der Waals surface area contributed by atoms with Gasteiger partial charge in [-0.3, -0.25) is 0 Å². The van der Waals surface area contributed by atoms with Crippen molar-refractivity contribution in [2.75, 3.05) is 0 Å². The summed E-state index contributed by atoms with van der Waals surface area (Å²) in [5.41, 5.74) is 6.28. The summed E-state index contributed by atoms with van der Waals surface area (Å²) in [7, 11) is 0. The van der Waals surface area contributed by atoms with Crippen molar-refractivity contribution in [3.63, 3.8) is 0 Å². The second kappa shape index (κ2) is 9.72. The van der Waals surface area contributed by atoms with Crippen molar-refractivity contribution >= 4 is 11.9 Å². The highest BCUT2D eigenvalue weighted by atomic mass is 16.4. The van der Waals surface area contributed by atoms with E-state index in [-0.39, 0.29) is 11.1 Å². The number of carboxylic acid groups (broad SMARTS) is 2. The van der Waals surface area contributed by atoms with Crippen LogP contribution in [0.1, 0.15) is 20.7 Å². The minimum absolute atomic E-state index is 0.149. The molecule has 4 nitrogen and oxygen atoms in total. The Kier molecular flexibility index (Phi) is 6.16. The van der Waals surface area contributed by atoms with Gasteiger partial charge in [-0.15, -0.1) is 0 Å². The normalized spacial score (nSPS) is 10.7. The van der Waals surface area contributed by atoms with Gasteiger partial charge in [0, 0.05) is 0 Å². The van der Waals surface area contributed by atoms with Gasteiger partial charge in [0.25, 0.3) is 0 Å². The van der Waals surface area contributed by atoms with Crippen LogP contribution in [0.2, 0.25) is 0 Å². The van der Waals surface area contributed by atoms with Crippen LogP contribution in [0.4, 0.5) is 0 Å². The van der Waals surface area contributed by atoms with E-state index in [0.717, 1.165) is 22.3 Å².